The number of carbonyl (C=O) groups is 1. The van der Waals surface area contributed by atoms with Crippen molar-refractivity contribution in [1.82, 2.24) is 0 Å². The summed E-state index contributed by atoms with van der Waals surface area (Å²) in [5, 5.41) is 9.39. The molecule has 0 aromatic heterocycles. The second kappa shape index (κ2) is 12.7. The van der Waals surface area contributed by atoms with E-state index in [2.05, 4.69) is 103 Å². The monoisotopic (exact) mass is 724 g/mol. The topological polar surface area (TPSA) is 37.3 Å². The molecular weight excluding hydrogens is 704 g/mol. The molecule has 0 aromatic rings. The highest BCUT2D eigenvalue weighted by Gasteiger charge is 2.61. The summed E-state index contributed by atoms with van der Waals surface area (Å²) in [7, 11) is 0. The van der Waals surface area contributed by atoms with Crippen LogP contribution in [-0.4, -0.2) is 20.8 Å². The fourth-order valence-electron chi connectivity index (χ4n) is 2.36. The van der Waals surface area contributed by atoms with Gasteiger partial charge in [-0.2, -0.15) is 0 Å². The number of hydrogen-bond acceptors (Lipinski definition) is 1. The molecule has 0 aliphatic heterocycles. The molecule has 0 unspecified atom stereocenters. The van der Waals surface area contributed by atoms with E-state index in [4.69, 9.17) is 0 Å². The van der Waals surface area contributed by atoms with Crippen molar-refractivity contribution in [1.29, 1.82) is 0 Å². The Bertz CT molecular complexity index is 372. The van der Waals surface area contributed by atoms with Crippen molar-refractivity contribution in [3.05, 3.63) is 0 Å². The molecule has 0 spiro atoms. The SMILES string of the molecule is CCCCCCCCCCCCC(Br)(Br)C(Br)(Br)C(Br)(Br)C(=O)O. The van der Waals surface area contributed by atoms with Crippen molar-refractivity contribution in [3.63, 3.8) is 0 Å². The predicted molar refractivity (Wildman–Crippen MR) is 126 cm³/mol. The number of aliphatic carboxylic acids is 1. The Kier molecular flexibility index (Phi) is 14.0. The zero-order chi connectivity index (χ0) is 18.9. The number of unbranched alkanes of at least 4 members (excludes halogenated alkanes) is 9. The molecule has 0 bridgehead atoms. The molecule has 0 saturated heterocycles. The van der Waals surface area contributed by atoms with Crippen molar-refractivity contribution in [3.8, 4) is 0 Å². The number of hydrogen-bond donors (Lipinski definition) is 1. The summed E-state index contributed by atoms with van der Waals surface area (Å²) in [4.78, 5) is 11.5. The molecule has 0 rings (SSSR count). The smallest absolute Gasteiger partial charge is 0.333 e. The second-order valence-corrected chi connectivity index (χ2v) is 16.7. The summed E-state index contributed by atoms with van der Waals surface area (Å²) in [6.45, 7) is 2.24. The summed E-state index contributed by atoms with van der Waals surface area (Å²) < 4.78 is -2.91. The van der Waals surface area contributed by atoms with E-state index in [1.54, 1.807) is 0 Å². The van der Waals surface area contributed by atoms with Crippen LogP contribution in [-0.2, 0) is 4.79 Å². The van der Waals surface area contributed by atoms with Gasteiger partial charge in [0.05, 0.1) is 0 Å². The van der Waals surface area contributed by atoms with Gasteiger partial charge in [-0.1, -0.05) is 167 Å². The van der Waals surface area contributed by atoms with E-state index in [1.807, 2.05) is 0 Å². The first-order valence-electron chi connectivity index (χ1n) is 8.37. The maximum Gasteiger partial charge on any atom is 0.333 e. The minimum Gasteiger partial charge on any atom is -0.480 e. The molecule has 144 valence electrons. The van der Waals surface area contributed by atoms with E-state index >= 15 is 0 Å². The van der Waals surface area contributed by atoms with Crippen LogP contribution >= 0.6 is 95.6 Å². The molecule has 0 aromatic carbocycles. The van der Waals surface area contributed by atoms with Gasteiger partial charge in [0.25, 0.3) is 0 Å². The minimum absolute atomic E-state index is 0.613. The van der Waals surface area contributed by atoms with E-state index in [1.165, 1.54) is 51.4 Å². The lowest BCUT2D eigenvalue weighted by atomic mass is 10.0. The third-order valence-corrected chi connectivity index (χ3v) is 14.6. The fourth-order valence-corrected chi connectivity index (χ4v) is 5.99. The highest BCUT2D eigenvalue weighted by molar-refractivity contribution is 9.33. The van der Waals surface area contributed by atoms with Crippen LogP contribution in [0.25, 0.3) is 0 Å². The minimum atomic E-state index is -1.35. The van der Waals surface area contributed by atoms with E-state index in [-0.39, 0.29) is 0 Å². The molecule has 0 saturated carbocycles. The van der Waals surface area contributed by atoms with Gasteiger partial charge in [-0.05, 0) is 6.42 Å². The van der Waals surface area contributed by atoms with E-state index in [9.17, 15) is 9.90 Å². The number of carboxylic acid groups (broad SMARTS) is 1. The number of rotatable bonds is 14. The average molecular weight is 730 g/mol. The lowest BCUT2D eigenvalue weighted by molar-refractivity contribution is -0.137. The van der Waals surface area contributed by atoms with Crippen molar-refractivity contribution in [2.75, 3.05) is 0 Å². The van der Waals surface area contributed by atoms with Gasteiger partial charge in [-0.25, -0.2) is 4.79 Å². The molecule has 1 N–H and O–H groups in total. The largest absolute Gasteiger partial charge is 0.480 e. The molecule has 0 atom stereocenters. The molecular formula is C16H26Br6O2. The predicted octanol–water partition coefficient (Wildman–Crippen LogP) is 8.84. The van der Waals surface area contributed by atoms with E-state index in [0.717, 1.165) is 19.3 Å². The Morgan fingerprint density at radius 2 is 1.12 bits per heavy atom. The first-order chi connectivity index (χ1) is 11.0. The van der Waals surface area contributed by atoms with Gasteiger partial charge in [0.2, 0.25) is 3.23 Å². The fraction of sp³-hybridized carbons (Fsp3) is 0.938. The summed E-state index contributed by atoms with van der Waals surface area (Å²) in [5.74, 6) is -1.01. The number of carboxylic acids is 1. The van der Waals surface area contributed by atoms with Crippen LogP contribution < -0.4 is 0 Å². The van der Waals surface area contributed by atoms with Gasteiger partial charge in [0.15, 0.2) is 0 Å². The van der Waals surface area contributed by atoms with Crippen molar-refractivity contribution in [2.24, 2.45) is 0 Å². The van der Waals surface area contributed by atoms with Crippen molar-refractivity contribution in [2.45, 2.75) is 87.3 Å². The second-order valence-electron chi connectivity index (χ2n) is 6.09. The highest BCUT2D eigenvalue weighted by atomic mass is 79.9. The maximum absolute atomic E-state index is 11.5. The molecule has 2 nitrogen and oxygen atoms in total. The molecule has 0 heterocycles. The maximum atomic E-state index is 11.5. The Hall–Kier alpha value is 2.35. The average Bonchev–Trinajstić information content (AvgIpc) is 2.48. The van der Waals surface area contributed by atoms with Crippen LogP contribution in [0.4, 0.5) is 0 Å². The molecule has 0 aliphatic rings. The van der Waals surface area contributed by atoms with Gasteiger partial charge in [-0.3, -0.25) is 0 Å². The molecule has 0 radical (unpaired) electrons. The van der Waals surface area contributed by atoms with Crippen LogP contribution in [0.5, 0.6) is 0 Å². The van der Waals surface area contributed by atoms with Crippen LogP contribution in [0.1, 0.15) is 77.6 Å². The quantitative estimate of drug-likeness (QED) is 0.143. The number of alkyl halides is 6. The number of halogens is 6. The third-order valence-electron chi connectivity index (χ3n) is 3.97. The third kappa shape index (κ3) is 8.57. The van der Waals surface area contributed by atoms with Gasteiger partial charge >= 0.3 is 5.97 Å². The Morgan fingerprint density at radius 3 is 1.50 bits per heavy atom. The zero-order valence-electron chi connectivity index (χ0n) is 13.9. The van der Waals surface area contributed by atoms with Gasteiger partial charge in [0, 0.05) is 0 Å². The molecule has 24 heavy (non-hydrogen) atoms. The summed E-state index contributed by atoms with van der Waals surface area (Å²) in [5.41, 5.74) is 0. The van der Waals surface area contributed by atoms with Crippen molar-refractivity contribution >= 4 is 102 Å². The summed E-state index contributed by atoms with van der Waals surface area (Å²) >= 11 is 20.7. The zero-order valence-corrected chi connectivity index (χ0v) is 23.4. The van der Waals surface area contributed by atoms with Crippen LogP contribution in [0, 0.1) is 0 Å². The van der Waals surface area contributed by atoms with Gasteiger partial charge in [-0.15, -0.1) is 0 Å². The van der Waals surface area contributed by atoms with E-state index in [0.29, 0.717) is 0 Å². The van der Waals surface area contributed by atoms with Crippen molar-refractivity contribution < 1.29 is 9.90 Å². The normalized spacial score (nSPS) is 13.3. The van der Waals surface area contributed by atoms with Crippen LogP contribution in [0.2, 0.25) is 0 Å². The first kappa shape index (κ1) is 26.4. The standard InChI is InChI=1S/C16H26Br6O2/c1-2-3-4-5-6-7-8-9-10-11-12-14(17,18)16(21,22)15(19,20)13(23)24/h2-12H2,1H3,(H,23,24). The molecule has 0 fully saturated rings. The van der Waals surface area contributed by atoms with E-state index < -0.39 is 15.7 Å². The lowest BCUT2D eigenvalue weighted by Gasteiger charge is -2.41. The highest BCUT2D eigenvalue weighted by Crippen LogP contribution is 2.61. The molecule has 0 amide bonds. The van der Waals surface area contributed by atoms with Crippen LogP contribution in [0.15, 0.2) is 0 Å². The Labute approximate surface area is 196 Å². The molecule has 0 aliphatic carbocycles. The Balaban J connectivity index is 4.07. The van der Waals surface area contributed by atoms with Gasteiger partial charge < -0.3 is 5.11 Å². The molecule has 8 heteroatoms. The first-order valence-corrected chi connectivity index (χ1v) is 13.1. The summed E-state index contributed by atoms with van der Waals surface area (Å²) in [6, 6.07) is 0. The van der Waals surface area contributed by atoms with Gasteiger partial charge in [0.1, 0.15) is 6.47 Å². The Morgan fingerprint density at radius 1 is 0.750 bits per heavy atom. The lowest BCUT2D eigenvalue weighted by Crippen LogP contribution is -2.51. The summed E-state index contributed by atoms with van der Waals surface area (Å²) in [6.07, 6.45) is 13.5. The van der Waals surface area contributed by atoms with Crippen LogP contribution in [0.3, 0.4) is 0 Å².